The van der Waals surface area contributed by atoms with E-state index >= 15 is 0 Å². The molecule has 0 aliphatic carbocycles. The average Bonchev–Trinajstić information content (AvgIpc) is 2.75. The predicted octanol–water partition coefficient (Wildman–Crippen LogP) is 4.58. The van der Waals surface area contributed by atoms with E-state index in [2.05, 4.69) is 33.3 Å². The molecule has 162 valence electrons. The Hall–Kier alpha value is -1.86. The van der Waals surface area contributed by atoms with Crippen molar-refractivity contribution in [2.75, 3.05) is 51.8 Å². The van der Waals surface area contributed by atoms with Gasteiger partial charge in [-0.25, -0.2) is 0 Å². The zero-order chi connectivity index (χ0) is 21.3. The Bertz CT molecular complexity index is 826. The maximum atomic E-state index is 6.05. The molecule has 1 aliphatic heterocycles. The molecule has 0 unspecified atom stereocenters. The van der Waals surface area contributed by atoms with Crippen molar-refractivity contribution in [3.8, 4) is 5.75 Å². The summed E-state index contributed by atoms with van der Waals surface area (Å²) in [5.41, 5.74) is 3.22. The molecule has 0 radical (unpaired) electrons. The molecule has 1 heterocycles. The highest BCUT2D eigenvalue weighted by atomic mass is 35.5. The van der Waals surface area contributed by atoms with Crippen LogP contribution < -0.4 is 10.1 Å². The van der Waals surface area contributed by atoms with Gasteiger partial charge in [0.1, 0.15) is 5.75 Å². The molecule has 0 spiro atoms. The van der Waals surface area contributed by atoms with Gasteiger partial charge in [0.15, 0.2) is 5.11 Å². The third kappa shape index (κ3) is 6.84. The van der Waals surface area contributed by atoms with Crippen molar-refractivity contribution >= 4 is 34.6 Å². The van der Waals surface area contributed by atoms with Gasteiger partial charge in [0, 0.05) is 43.4 Å². The molecule has 5 nitrogen and oxygen atoms in total. The largest absolute Gasteiger partial charge is 0.496 e. The van der Waals surface area contributed by atoms with Crippen LogP contribution in [0.5, 0.6) is 5.75 Å². The molecular formula is C23H30ClN3O2S. The summed E-state index contributed by atoms with van der Waals surface area (Å²) in [5.74, 6) is 0.870. The second-order valence-corrected chi connectivity index (χ2v) is 8.29. The van der Waals surface area contributed by atoms with E-state index in [1.165, 1.54) is 5.56 Å². The van der Waals surface area contributed by atoms with Crippen LogP contribution in [-0.2, 0) is 11.3 Å². The zero-order valence-electron chi connectivity index (χ0n) is 17.7. The lowest BCUT2D eigenvalue weighted by Gasteiger charge is -2.30. The number of nitrogens with zero attached hydrogens (tertiary/aromatic N) is 2. The SMILES string of the molecule is COc1ccc(NC(=S)N(CCCN2CCOCC2)Cc2ccc(Cl)cc2)cc1C. The summed E-state index contributed by atoms with van der Waals surface area (Å²) in [6, 6.07) is 14.0. The van der Waals surface area contributed by atoms with Crippen LogP contribution >= 0.6 is 23.8 Å². The van der Waals surface area contributed by atoms with Gasteiger partial charge in [-0.05, 0) is 67.0 Å². The number of hydrogen-bond donors (Lipinski definition) is 1. The molecule has 0 atom stereocenters. The van der Waals surface area contributed by atoms with Gasteiger partial charge in [-0.3, -0.25) is 4.90 Å². The normalized spacial score (nSPS) is 14.4. The number of benzene rings is 2. The summed E-state index contributed by atoms with van der Waals surface area (Å²) in [6.45, 7) is 8.35. The fraction of sp³-hybridized carbons (Fsp3) is 0.435. The lowest BCUT2D eigenvalue weighted by Crippen LogP contribution is -2.40. The number of rotatable bonds is 8. The number of thiocarbonyl (C=S) groups is 1. The van der Waals surface area contributed by atoms with Crippen molar-refractivity contribution in [2.24, 2.45) is 0 Å². The third-order valence-corrected chi connectivity index (χ3v) is 5.84. The Morgan fingerprint density at radius 1 is 1.20 bits per heavy atom. The maximum absolute atomic E-state index is 6.05. The van der Waals surface area contributed by atoms with E-state index in [1.54, 1.807) is 7.11 Å². The molecular weight excluding hydrogens is 418 g/mol. The Balaban J connectivity index is 1.64. The van der Waals surface area contributed by atoms with E-state index in [0.29, 0.717) is 0 Å². The molecule has 0 aromatic heterocycles. The number of hydrogen-bond acceptors (Lipinski definition) is 4. The first kappa shape index (κ1) is 22.8. The van der Waals surface area contributed by atoms with Gasteiger partial charge in [0.05, 0.1) is 20.3 Å². The van der Waals surface area contributed by atoms with Gasteiger partial charge in [-0.1, -0.05) is 23.7 Å². The minimum atomic E-state index is 0.719. The minimum absolute atomic E-state index is 0.719. The van der Waals surface area contributed by atoms with Crippen LogP contribution in [0, 0.1) is 6.92 Å². The zero-order valence-corrected chi connectivity index (χ0v) is 19.3. The van der Waals surface area contributed by atoms with Crippen LogP contribution in [0.4, 0.5) is 5.69 Å². The molecule has 2 aromatic carbocycles. The van der Waals surface area contributed by atoms with Gasteiger partial charge in [-0.15, -0.1) is 0 Å². The van der Waals surface area contributed by atoms with Crippen molar-refractivity contribution in [1.82, 2.24) is 9.80 Å². The van der Waals surface area contributed by atoms with Gasteiger partial charge in [0.2, 0.25) is 0 Å². The summed E-state index contributed by atoms with van der Waals surface area (Å²) in [4.78, 5) is 4.67. The second-order valence-electron chi connectivity index (χ2n) is 7.47. The lowest BCUT2D eigenvalue weighted by molar-refractivity contribution is 0.0368. The molecule has 1 saturated heterocycles. The summed E-state index contributed by atoms with van der Waals surface area (Å²) < 4.78 is 10.8. The maximum Gasteiger partial charge on any atom is 0.173 e. The fourth-order valence-electron chi connectivity index (χ4n) is 3.53. The molecule has 0 saturated carbocycles. The molecule has 0 amide bonds. The summed E-state index contributed by atoms with van der Waals surface area (Å²) in [5, 5.41) is 4.86. The van der Waals surface area contributed by atoms with Crippen molar-refractivity contribution in [1.29, 1.82) is 0 Å². The topological polar surface area (TPSA) is 37.0 Å². The van der Waals surface area contributed by atoms with E-state index in [1.807, 2.05) is 31.2 Å². The summed E-state index contributed by atoms with van der Waals surface area (Å²) in [7, 11) is 1.68. The molecule has 1 N–H and O–H groups in total. The highest BCUT2D eigenvalue weighted by Crippen LogP contribution is 2.22. The van der Waals surface area contributed by atoms with E-state index in [9.17, 15) is 0 Å². The number of aryl methyl sites for hydroxylation is 1. The first-order valence-corrected chi connectivity index (χ1v) is 11.1. The van der Waals surface area contributed by atoms with Gasteiger partial charge >= 0.3 is 0 Å². The molecule has 30 heavy (non-hydrogen) atoms. The second kappa shape index (κ2) is 11.5. The van der Waals surface area contributed by atoms with Crippen LogP contribution in [0.1, 0.15) is 17.5 Å². The van der Waals surface area contributed by atoms with E-state index in [-0.39, 0.29) is 0 Å². The number of morpholine rings is 1. The molecule has 3 rings (SSSR count). The molecule has 0 bridgehead atoms. The first-order valence-electron chi connectivity index (χ1n) is 10.3. The number of nitrogens with one attached hydrogen (secondary N) is 1. The van der Waals surface area contributed by atoms with Crippen LogP contribution in [0.25, 0.3) is 0 Å². The highest BCUT2D eigenvalue weighted by Gasteiger charge is 2.14. The van der Waals surface area contributed by atoms with Crippen LogP contribution in [0.3, 0.4) is 0 Å². The number of halogens is 1. The van der Waals surface area contributed by atoms with Crippen molar-refractivity contribution in [3.05, 3.63) is 58.6 Å². The van der Waals surface area contributed by atoms with E-state index < -0.39 is 0 Å². The monoisotopic (exact) mass is 447 g/mol. The Labute approximate surface area is 189 Å². The highest BCUT2D eigenvalue weighted by molar-refractivity contribution is 7.80. The number of anilines is 1. The Morgan fingerprint density at radius 3 is 2.60 bits per heavy atom. The quantitative estimate of drug-likeness (QED) is 0.597. The van der Waals surface area contributed by atoms with E-state index in [0.717, 1.165) is 79.5 Å². The predicted molar refractivity (Wildman–Crippen MR) is 128 cm³/mol. The van der Waals surface area contributed by atoms with Crippen molar-refractivity contribution in [3.63, 3.8) is 0 Å². The van der Waals surface area contributed by atoms with Crippen molar-refractivity contribution < 1.29 is 9.47 Å². The summed E-state index contributed by atoms with van der Waals surface area (Å²) >= 11 is 11.8. The van der Waals surface area contributed by atoms with Gasteiger partial charge in [-0.2, -0.15) is 0 Å². The smallest absolute Gasteiger partial charge is 0.173 e. The molecule has 7 heteroatoms. The molecule has 1 fully saturated rings. The van der Waals surface area contributed by atoms with Crippen LogP contribution in [0.2, 0.25) is 5.02 Å². The van der Waals surface area contributed by atoms with Crippen molar-refractivity contribution in [2.45, 2.75) is 19.9 Å². The van der Waals surface area contributed by atoms with E-state index in [4.69, 9.17) is 33.3 Å². The third-order valence-electron chi connectivity index (χ3n) is 5.23. The number of methoxy groups -OCH3 is 1. The van der Waals surface area contributed by atoms with Crippen LogP contribution in [0.15, 0.2) is 42.5 Å². The van der Waals surface area contributed by atoms with Gasteiger partial charge in [0.25, 0.3) is 0 Å². The molecule has 1 aliphatic rings. The minimum Gasteiger partial charge on any atom is -0.496 e. The number of ether oxygens (including phenoxy) is 2. The Morgan fingerprint density at radius 2 is 1.93 bits per heavy atom. The molecule has 2 aromatic rings. The summed E-state index contributed by atoms with van der Waals surface area (Å²) in [6.07, 6.45) is 1.04. The van der Waals surface area contributed by atoms with Crippen LogP contribution in [-0.4, -0.2) is 61.4 Å². The standard InChI is InChI=1S/C23H30ClN3O2S/c1-18-16-21(8-9-22(18)28-2)25-23(30)27(17-19-4-6-20(24)7-5-19)11-3-10-26-12-14-29-15-13-26/h4-9,16H,3,10-15,17H2,1-2H3,(H,25,30). The lowest BCUT2D eigenvalue weighted by atomic mass is 10.2. The average molecular weight is 448 g/mol. The Kier molecular flexibility index (Phi) is 8.75. The first-order chi connectivity index (χ1) is 14.5. The fourth-order valence-corrected chi connectivity index (χ4v) is 3.93. The van der Waals surface area contributed by atoms with Gasteiger partial charge < -0.3 is 19.7 Å².